The van der Waals surface area contributed by atoms with E-state index in [0.29, 0.717) is 0 Å². The molecule has 1 atom stereocenters. The monoisotopic (exact) mass is 833 g/mol. The Morgan fingerprint density at radius 1 is 0.446 bits per heavy atom. The molecule has 0 N–H and O–H groups in total. The van der Waals surface area contributed by atoms with Crippen molar-refractivity contribution in [2.45, 2.75) is 18.8 Å². The quantitative estimate of drug-likeness (QED) is 0.160. The number of para-hydroxylation sites is 3. The molecule has 9 aromatic carbocycles. The molecule has 0 aliphatic heterocycles. The molecule has 2 aromatic heterocycles. The summed E-state index contributed by atoms with van der Waals surface area (Å²) in [6.45, 7) is 2.42. The maximum absolute atomic E-state index is 6.96. The zero-order valence-electron chi connectivity index (χ0n) is 35.9. The largest absolute Gasteiger partial charge is 0.456 e. The molecular formula is C62H43NO2. The molecule has 0 bridgehead atoms. The number of rotatable bonds is 7. The molecular weight excluding hydrogens is 791 g/mol. The second-order valence-electron chi connectivity index (χ2n) is 17.6. The highest BCUT2D eigenvalue weighted by Gasteiger charge is 2.52. The molecule has 2 aliphatic carbocycles. The van der Waals surface area contributed by atoms with E-state index in [0.717, 1.165) is 67.9 Å². The van der Waals surface area contributed by atoms with E-state index >= 15 is 0 Å². The van der Waals surface area contributed by atoms with Crippen LogP contribution < -0.4 is 4.90 Å². The van der Waals surface area contributed by atoms with Gasteiger partial charge in [-0.1, -0.05) is 183 Å². The third-order valence-corrected chi connectivity index (χ3v) is 14.0. The number of hydrogen-bond donors (Lipinski definition) is 0. The molecule has 0 amide bonds. The van der Waals surface area contributed by atoms with Gasteiger partial charge >= 0.3 is 0 Å². The van der Waals surface area contributed by atoms with Gasteiger partial charge in [-0.3, -0.25) is 0 Å². The summed E-state index contributed by atoms with van der Waals surface area (Å²) in [5.41, 5.74) is 18.9. The van der Waals surface area contributed by atoms with E-state index in [4.69, 9.17) is 8.83 Å². The van der Waals surface area contributed by atoms with Gasteiger partial charge in [0.1, 0.15) is 22.5 Å². The first-order chi connectivity index (χ1) is 32.1. The molecule has 65 heavy (non-hydrogen) atoms. The van der Waals surface area contributed by atoms with Gasteiger partial charge in [-0.2, -0.15) is 0 Å². The van der Waals surface area contributed by atoms with Crippen molar-refractivity contribution in [2.24, 2.45) is 5.92 Å². The molecule has 308 valence electrons. The van der Waals surface area contributed by atoms with Crippen LogP contribution in [0, 0.1) is 5.92 Å². The lowest BCUT2D eigenvalue weighted by molar-refractivity contribution is 0.541. The van der Waals surface area contributed by atoms with Crippen LogP contribution in [0.4, 0.5) is 17.1 Å². The van der Waals surface area contributed by atoms with Crippen LogP contribution in [0.3, 0.4) is 0 Å². The minimum Gasteiger partial charge on any atom is -0.456 e. The topological polar surface area (TPSA) is 29.5 Å². The number of nitrogens with zero attached hydrogens (tertiary/aromatic N) is 1. The highest BCUT2D eigenvalue weighted by molar-refractivity contribution is 6.09. The fourth-order valence-corrected chi connectivity index (χ4v) is 11.3. The summed E-state index contributed by atoms with van der Waals surface area (Å²) in [5, 5.41) is 3.47. The fraction of sp³-hybridized carbons (Fsp3) is 0.0645. The minimum absolute atomic E-state index is 0.236. The Labute approximate surface area is 378 Å². The Kier molecular flexibility index (Phi) is 8.48. The molecule has 3 heteroatoms. The second-order valence-corrected chi connectivity index (χ2v) is 17.6. The molecule has 0 fully saturated rings. The van der Waals surface area contributed by atoms with Crippen molar-refractivity contribution >= 4 is 55.5 Å². The van der Waals surface area contributed by atoms with Crippen LogP contribution in [-0.2, 0) is 11.8 Å². The highest BCUT2D eigenvalue weighted by Crippen LogP contribution is 2.62. The van der Waals surface area contributed by atoms with Gasteiger partial charge in [-0.25, -0.2) is 0 Å². The fourth-order valence-electron chi connectivity index (χ4n) is 11.3. The van der Waals surface area contributed by atoms with Gasteiger partial charge in [-0.15, -0.1) is 0 Å². The lowest BCUT2D eigenvalue weighted by Crippen LogP contribution is -2.34. The van der Waals surface area contributed by atoms with Gasteiger partial charge in [-0.05, 0) is 105 Å². The third-order valence-electron chi connectivity index (χ3n) is 14.0. The third kappa shape index (κ3) is 5.68. The highest BCUT2D eigenvalue weighted by atomic mass is 16.3. The molecule has 0 spiro atoms. The van der Waals surface area contributed by atoms with Gasteiger partial charge in [0.25, 0.3) is 0 Å². The first kappa shape index (κ1) is 37.4. The van der Waals surface area contributed by atoms with Crippen molar-refractivity contribution in [3.05, 3.63) is 264 Å². The summed E-state index contributed by atoms with van der Waals surface area (Å²) in [4.78, 5) is 2.41. The molecule has 13 rings (SSSR count). The summed E-state index contributed by atoms with van der Waals surface area (Å²) in [7, 11) is 0. The second kappa shape index (κ2) is 14.7. The Hall–Kier alpha value is -8.14. The summed E-state index contributed by atoms with van der Waals surface area (Å²) < 4.78 is 13.5. The number of hydrogen-bond acceptors (Lipinski definition) is 3. The average Bonchev–Trinajstić information content (AvgIpc) is 4.04. The number of allylic oxidation sites excluding steroid dienone is 1. The van der Waals surface area contributed by atoms with Crippen LogP contribution in [0.5, 0.6) is 0 Å². The molecule has 0 saturated heterocycles. The lowest BCUT2D eigenvalue weighted by Gasteiger charge is -2.39. The lowest BCUT2D eigenvalue weighted by atomic mass is 9.62. The summed E-state index contributed by atoms with van der Waals surface area (Å²) in [5.74, 6) is 1.24. The summed E-state index contributed by atoms with van der Waals surface area (Å²) in [6.07, 6.45) is 0.904. The number of anilines is 3. The first-order valence-corrected chi connectivity index (χ1v) is 22.6. The normalized spacial score (nSPS) is 15.0. The van der Waals surface area contributed by atoms with E-state index in [9.17, 15) is 0 Å². The van der Waals surface area contributed by atoms with Crippen molar-refractivity contribution in [1.82, 2.24) is 0 Å². The maximum atomic E-state index is 6.96. The van der Waals surface area contributed by atoms with E-state index in [2.05, 4.69) is 224 Å². The van der Waals surface area contributed by atoms with Crippen LogP contribution in [0.1, 0.15) is 40.5 Å². The maximum Gasteiger partial charge on any atom is 0.143 e. The molecule has 2 heterocycles. The van der Waals surface area contributed by atoms with Crippen molar-refractivity contribution in [3.8, 4) is 22.3 Å². The minimum atomic E-state index is -0.572. The molecule has 0 saturated carbocycles. The Balaban J connectivity index is 1.03. The molecule has 0 radical (unpaired) electrons. The zero-order chi connectivity index (χ0) is 43.1. The molecule has 3 nitrogen and oxygen atoms in total. The van der Waals surface area contributed by atoms with Crippen LogP contribution in [0.2, 0.25) is 0 Å². The van der Waals surface area contributed by atoms with E-state index < -0.39 is 5.41 Å². The van der Waals surface area contributed by atoms with Crippen molar-refractivity contribution in [2.75, 3.05) is 4.90 Å². The van der Waals surface area contributed by atoms with E-state index in [1.165, 1.54) is 55.5 Å². The van der Waals surface area contributed by atoms with Crippen molar-refractivity contribution in [3.63, 3.8) is 0 Å². The van der Waals surface area contributed by atoms with Crippen LogP contribution >= 0.6 is 0 Å². The summed E-state index contributed by atoms with van der Waals surface area (Å²) in [6, 6.07) is 81.3. The van der Waals surface area contributed by atoms with Crippen molar-refractivity contribution < 1.29 is 8.83 Å². The molecule has 1 unspecified atom stereocenters. The Bertz CT molecular complexity index is 3580. The zero-order valence-corrected chi connectivity index (χ0v) is 35.9. The van der Waals surface area contributed by atoms with Crippen molar-refractivity contribution in [1.29, 1.82) is 0 Å². The van der Waals surface area contributed by atoms with Crippen LogP contribution in [0.25, 0.3) is 60.7 Å². The SMILES string of the molecule is CC1Cc2c(oc3ccccc23)C2=C1C(c1ccccc1)(c1ccccc1)c1cc(N(c3ccc(-c4ccccc4)cc3)c3ccc(-c4cccc5c4oc4ccccc45)cc3)ccc12. The smallest absolute Gasteiger partial charge is 0.143 e. The average molecular weight is 834 g/mol. The van der Waals surface area contributed by atoms with Crippen LogP contribution in [-0.4, -0.2) is 0 Å². The van der Waals surface area contributed by atoms with E-state index in [-0.39, 0.29) is 5.92 Å². The van der Waals surface area contributed by atoms with Gasteiger partial charge in [0, 0.05) is 49.9 Å². The standard InChI is InChI=1S/C62H43NO2/c1-40-38-54-51-23-12-14-27-57(51)65-61(54)58-53-37-36-48(39-55(53)62(59(40)58,44-18-7-3-8-19-44)45-20-9-4-10-21-45)63(46-32-28-42(29-33-46)41-16-5-2-6-17-41)47-34-30-43(31-35-47)49-24-15-25-52-50-22-11-13-26-56(50)64-60(49)52/h2-37,39-40H,38H2,1H3. The first-order valence-electron chi connectivity index (χ1n) is 22.6. The Morgan fingerprint density at radius 2 is 0.985 bits per heavy atom. The predicted molar refractivity (Wildman–Crippen MR) is 267 cm³/mol. The van der Waals surface area contributed by atoms with Gasteiger partial charge < -0.3 is 13.7 Å². The van der Waals surface area contributed by atoms with Gasteiger partial charge in [0.2, 0.25) is 0 Å². The van der Waals surface area contributed by atoms with Crippen LogP contribution in [0.15, 0.2) is 239 Å². The summed E-state index contributed by atoms with van der Waals surface area (Å²) >= 11 is 0. The number of benzene rings is 9. The predicted octanol–water partition coefficient (Wildman–Crippen LogP) is 16.5. The molecule has 11 aromatic rings. The van der Waals surface area contributed by atoms with Gasteiger partial charge in [0.05, 0.1) is 5.41 Å². The van der Waals surface area contributed by atoms with Gasteiger partial charge in [0.15, 0.2) is 0 Å². The number of furan rings is 2. The van der Waals surface area contributed by atoms with E-state index in [1.54, 1.807) is 0 Å². The molecule has 2 aliphatic rings. The van der Waals surface area contributed by atoms with E-state index in [1.807, 2.05) is 12.1 Å². The number of fused-ring (bicyclic) bond motifs is 9. The Morgan fingerprint density at radius 3 is 1.66 bits per heavy atom.